The van der Waals surface area contributed by atoms with E-state index in [0.29, 0.717) is 37.4 Å². The lowest BCUT2D eigenvalue weighted by atomic mass is 9.83. The fraction of sp³-hybridized carbons (Fsp3) is 0.613. The summed E-state index contributed by atoms with van der Waals surface area (Å²) in [6, 6.07) is 5.19. The van der Waals surface area contributed by atoms with Gasteiger partial charge in [0, 0.05) is 6.42 Å². The molecule has 1 N–H and O–H groups in total. The summed E-state index contributed by atoms with van der Waals surface area (Å²) in [7, 11) is 0. The van der Waals surface area contributed by atoms with Crippen molar-refractivity contribution in [3.8, 4) is 17.6 Å². The van der Waals surface area contributed by atoms with Crippen LogP contribution in [-0.4, -0.2) is 35.2 Å². The first-order chi connectivity index (χ1) is 19.4. The third-order valence-corrected chi connectivity index (χ3v) is 10.6. The van der Waals surface area contributed by atoms with Gasteiger partial charge < -0.3 is 19.3 Å². The molecule has 0 aromatic heterocycles. The molecule has 2 fully saturated rings. The highest BCUT2D eigenvalue weighted by molar-refractivity contribution is 8.24. The molecule has 2 saturated carbocycles. The standard InChI is InChI=1S/C31H39NO7S2/c1-18-5-9-20(10-6-18)27(33)38-23-13-14-24(39-28(34)21-11-7-19(2)8-12-21)26-25(23)40-30(41-26)22(17-32)29(35)37-16-15-31(3,4)36/h13-14,18-21,36H,5-12,15-16H2,1-4H3. The van der Waals surface area contributed by atoms with E-state index >= 15 is 0 Å². The Labute approximate surface area is 250 Å². The minimum atomic E-state index is -1.02. The second-order valence-electron chi connectivity index (χ2n) is 12.2. The van der Waals surface area contributed by atoms with Gasteiger partial charge in [-0.15, -0.1) is 0 Å². The summed E-state index contributed by atoms with van der Waals surface area (Å²) in [5.74, 6) is 0.0675. The van der Waals surface area contributed by atoms with Gasteiger partial charge in [-0.25, -0.2) is 4.79 Å². The fourth-order valence-electron chi connectivity index (χ4n) is 5.20. The van der Waals surface area contributed by atoms with Crippen LogP contribution in [0.2, 0.25) is 0 Å². The van der Waals surface area contributed by atoms with Crippen molar-refractivity contribution in [2.45, 2.75) is 101 Å². The molecule has 0 bridgehead atoms. The Bertz CT molecular complexity index is 1160. The molecule has 10 heteroatoms. The third-order valence-electron chi connectivity index (χ3n) is 8.02. The van der Waals surface area contributed by atoms with Crippen LogP contribution in [0.25, 0.3) is 0 Å². The third kappa shape index (κ3) is 8.30. The molecular formula is C31H39NO7S2. The number of rotatable bonds is 8. The van der Waals surface area contributed by atoms with Gasteiger partial charge in [0.2, 0.25) is 0 Å². The Balaban J connectivity index is 1.58. The number of thioether (sulfide) groups is 2. The van der Waals surface area contributed by atoms with Crippen molar-refractivity contribution in [1.29, 1.82) is 5.26 Å². The van der Waals surface area contributed by atoms with E-state index < -0.39 is 11.6 Å². The molecular weight excluding hydrogens is 562 g/mol. The van der Waals surface area contributed by atoms with E-state index in [9.17, 15) is 24.8 Å². The van der Waals surface area contributed by atoms with Crippen molar-refractivity contribution < 1.29 is 33.7 Å². The Morgan fingerprint density at radius 3 is 1.71 bits per heavy atom. The van der Waals surface area contributed by atoms with Gasteiger partial charge in [0.1, 0.15) is 17.6 Å². The van der Waals surface area contributed by atoms with E-state index in [1.807, 2.05) is 6.07 Å². The summed E-state index contributed by atoms with van der Waals surface area (Å²) < 4.78 is 17.4. The number of ether oxygens (including phenoxy) is 3. The molecule has 1 heterocycles. The van der Waals surface area contributed by atoms with Gasteiger partial charge in [0.25, 0.3) is 0 Å². The second kappa shape index (κ2) is 13.7. The van der Waals surface area contributed by atoms with Gasteiger partial charge in [0.15, 0.2) is 5.57 Å². The van der Waals surface area contributed by atoms with Crippen LogP contribution < -0.4 is 9.47 Å². The van der Waals surface area contributed by atoms with E-state index in [2.05, 4.69) is 13.8 Å². The van der Waals surface area contributed by atoms with Crippen LogP contribution in [0.1, 0.15) is 85.5 Å². The molecule has 1 aromatic carbocycles. The number of nitriles is 1. The van der Waals surface area contributed by atoms with Gasteiger partial charge in [-0.2, -0.15) is 5.26 Å². The zero-order valence-corrected chi connectivity index (χ0v) is 25.8. The monoisotopic (exact) mass is 601 g/mol. The largest absolute Gasteiger partial charge is 0.461 e. The predicted octanol–water partition coefficient (Wildman–Crippen LogP) is 6.79. The molecule has 2 aliphatic carbocycles. The number of aliphatic hydroxyl groups is 1. The van der Waals surface area contributed by atoms with Crippen molar-refractivity contribution in [3.05, 3.63) is 21.9 Å². The maximum atomic E-state index is 13.1. The molecule has 8 nitrogen and oxygen atoms in total. The van der Waals surface area contributed by atoms with Crippen molar-refractivity contribution in [2.75, 3.05) is 6.61 Å². The highest BCUT2D eigenvalue weighted by Crippen LogP contribution is 2.59. The Kier molecular flexibility index (Phi) is 10.5. The number of nitrogens with zero attached hydrogens (tertiary/aromatic N) is 1. The van der Waals surface area contributed by atoms with E-state index in [1.54, 1.807) is 26.0 Å². The summed E-state index contributed by atoms with van der Waals surface area (Å²) in [5, 5.41) is 19.8. The summed E-state index contributed by atoms with van der Waals surface area (Å²) in [6.45, 7) is 7.54. The van der Waals surface area contributed by atoms with Crippen LogP contribution in [0.5, 0.6) is 11.5 Å². The molecule has 222 valence electrons. The van der Waals surface area contributed by atoms with E-state index in [1.165, 1.54) is 0 Å². The summed E-state index contributed by atoms with van der Waals surface area (Å²) in [5.41, 5.74) is -1.21. The predicted molar refractivity (Wildman–Crippen MR) is 156 cm³/mol. The van der Waals surface area contributed by atoms with Crippen molar-refractivity contribution >= 4 is 41.4 Å². The van der Waals surface area contributed by atoms with E-state index in [4.69, 9.17) is 14.2 Å². The van der Waals surface area contributed by atoms with Crippen molar-refractivity contribution in [3.63, 3.8) is 0 Å². The van der Waals surface area contributed by atoms with Crippen LogP contribution in [0, 0.1) is 35.0 Å². The summed E-state index contributed by atoms with van der Waals surface area (Å²) in [6.07, 6.45) is 7.24. The number of carbonyl (C=O) groups is 3. The number of fused-ring (bicyclic) bond motifs is 1. The number of hydrogen-bond donors (Lipinski definition) is 1. The zero-order valence-electron chi connectivity index (χ0n) is 24.2. The van der Waals surface area contributed by atoms with Gasteiger partial charge >= 0.3 is 17.9 Å². The molecule has 0 saturated heterocycles. The van der Waals surface area contributed by atoms with E-state index in [0.717, 1.165) is 74.9 Å². The molecule has 0 spiro atoms. The molecule has 1 aliphatic heterocycles. The van der Waals surface area contributed by atoms with E-state index in [-0.39, 0.29) is 42.4 Å². The Morgan fingerprint density at radius 2 is 1.32 bits per heavy atom. The molecule has 4 rings (SSSR count). The quantitative estimate of drug-likeness (QED) is 0.147. The molecule has 0 radical (unpaired) electrons. The number of esters is 3. The van der Waals surface area contributed by atoms with Crippen LogP contribution in [0.3, 0.4) is 0 Å². The lowest BCUT2D eigenvalue weighted by molar-refractivity contribution is -0.141. The maximum absolute atomic E-state index is 13.1. The molecule has 3 aliphatic rings. The summed E-state index contributed by atoms with van der Waals surface area (Å²) in [4.78, 5) is 40.0. The van der Waals surface area contributed by atoms with Crippen molar-refractivity contribution in [2.24, 2.45) is 23.7 Å². The molecule has 0 unspecified atom stereocenters. The minimum absolute atomic E-state index is 0.0468. The lowest BCUT2D eigenvalue weighted by Crippen LogP contribution is -2.25. The van der Waals surface area contributed by atoms with Gasteiger partial charge in [-0.3, -0.25) is 9.59 Å². The SMILES string of the molecule is CC1CCC(C(=O)Oc2ccc(OC(=O)C3CCC(C)CC3)c3c2SC(=C(C#N)C(=O)OCCC(C)(C)O)S3)CC1. The Morgan fingerprint density at radius 1 is 0.878 bits per heavy atom. The molecule has 1 aromatic rings. The minimum Gasteiger partial charge on any atom is -0.461 e. The smallest absolute Gasteiger partial charge is 0.350 e. The van der Waals surface area contributed by atoms with Gasteiger partial charge in [-0.05, 0) is 89.2 Å². The molecule has 0 amide bonds. The maximum Gasteiger partial charge on any atom is 0.350 e. The number of carbonyl (C=O) groups excluding carboxylic acids is 3. The highest BCUT2D eigenvalue weighted by atomic mass is 32.2. The normalized spacial score (nSPS) is 24.1. The average molecular weight is 602 g/mol. The lowest BCUT2D eigenvalue weighted by Gasteiger charge is -2.25. The number of benzene rings is 1. The first kappa shape index (κ1) is 31.5. The van der Waals surface area contributed by atoms with Crippen LogP contribution in [0.15, 0.2) is 31.7 Å². The Hall–Kier alpha value is -2.48. The average Bonchev–Trinajstić information content (AvgIpc) is 3.36. The zero-order chi connectivity index (χ0) is 29.7. The van der Waals surface area contributed by atoms with Crippen LogP contribution >= 0.6 is 23.5 Å². The molecule has 0 atom stereocenters. The fourth-order valence-corrected chi connectivity index (χ4v) is 7.76. The first-order valence-electron chi connectivity index (χ1n) is 14.4. The summed E-state index contributed by atoms with van der Waals surface area (Å²) >= 11 is 2.26. The first-order valence-corrected chi connectivity index (χ1v) is 16.1. The van der Waals surface area contributed by atoms with Gasteiger partial charge in [0.05, 0.1) is 38.1 Å². The van der Waals surface area contributed by atoms with Crippen LogP contribution in [0.4, 0.5) is 0 Å². The topological polar surface area (TPSA) is 123 Å². The number of hydrogen-bond acceptors (Lipinski definition) is 10. The van der Waals surface area contributed by atoms with Crippen LogP contribution in [-0.2, 0) is 19.1 Å². The second-order valence-corrected chi connectivity index (χ2v) is 14.5. The molecule has 41 heavy (non-hydrogen) atoms. The van der Waals surface area contributed by atoms with Crippen molar-refractivity contribution in [1.82, 2.24) is 0 Å². The highest BCUT2D eigenvalue weighted by Gasteiger charge is 2.35. The van der Waals surface area contributed by atoms with Gasteiger partial charge in [-0.1, -0.05) is 37.4 Å².